The standard InChI is InChI=1S/C20H30N4O2/c1-15-7-5-8-16(13-15)23-20(21-2)22-11-6-12-24-17-9-3-4-10-18(17)26-14-19(24)25/h3-4,9-10,15-16H,5-8,11-14H2,1-2H3,(H2,21,22,23). The normalized spacial score (nSPS) is 23.2. The van der Waals surface area contributed by atoms with Gasteiger partial charge in [0, 0.05) is 26.2 Å². The summed E-state index contributed by atoms with van der Waals surface area (Å²) >= 11 is 0. The largest absolute Gasteiger partial charge is 0.482 e. The number of anilines is 1. The summed E-state index contributed by atoms with van der Waals surface area (Å²) in [6, 6.07) is 8.21. The van der Waals surface area contributed by atoms with Gasteiger partial charge in [-0.3, -0.25) is 9.79 Å². The lowest BCUT2D eigenvalue weighted by Gasteiger charge is -2.30. The Morgan fingerprint density at radius 2 is 2.19 bits per heavy atom. The highest BCUT2D eigenvalue weighted by Crippen LogP contribution is 2.31. The van der Waals surface area contributed by atoms with Gasteiger partial charge in [0.2, 0.25) is 0 Å². The first-order valence-corrected chi connectivity index (χ1v) is 9.66. The van der Waals surface area contributed by atoms with Gasteiger partial charge in [-0.05, 0) is 37.3 Å². The van der Waals surface area contributed by atoms with Crippen molar-refractivity contribution in [2.24, 2.45) is 10.9 Å². The number of carbonyl (C=O) groups excluding carboxylic acids is 1. The van der Waals surface area contributed by atoms with Crippen LogP contribution in [0.25, 0.3) is 0 Å². The van der Waals surface area contributed by atoms with Crippen LogP contribution < -0.4 is 20.3 Å². The van der Waals surface area contributed by atoms with Crippen LogP contribution in [0.15, 0.2) is 29.3 Å². The van der Waals surface area contributed by atoms with Crippen LogP contribution >= 0.6 is 0 Å². The molecule has 1 fully saturated rings. The predicted molar refractivity (Wildman–Crippen MR) is 105 cm³/mol. The molecule has 0 bridgehead atoms. The molecule has 2 unspecified atom stereocenters. The number of benzene rings is 1. The fourth-order valence-corrected chi connectivity index (χ4v) is 3.80. The number of rotatable bonds is 5. The van der Waals surface area contributed by atoms with Gasteiger partial charge in [-0.1, -0.05) is 31.9 Å². The van der Waals surface area contributed by atoms with Crippen molar-refractivity contribution in [1.82, 2.24) is 10.6 Å². The van der Waals surface area contributed by atoms with E-state index in [1.54, 1.807) is 0 Å². The molecule has 1 aromatic rings. The number of carbonyl (C=O) groups is 1. The first-order chi connectivity index (χ1) is 12.7. The van der Waals surface area contributed by atoms with Gasteiger partial charge < -0.3 is 20.3 Å². The van der Waals surface area contributed by atoms with E-state index in [4.69, 9.17) is 4.74 Å². The summed E-state index contributed by atoms with van der Waals surface area (Å²) in [5.74, 6) is 2.44. The number of para-hydroxylation sites is 2. The Bertz CT molecular complexity index is 646. The number of fused-ring (bicyclic) bond motifs is 1. The van der Waals surface area contributed by atoms with E-state index in [1.807, 2.05) is 36.2 Å². The van der Waals surface area contributed by atoms with Crippen molar-refractivity contribution in [3.8, 4) is 5.75 Å². The zero-order valence-electron chi connectivity index (χ0n) is 15.8. The zero-order chi connectivity index (χ0) is 18.4. The zero-order valence-corrected chi connectivity index (χ0v) is 15.8. The molecule has 142 valence electrons. The Kier molecular flexibility index (Phi) is 6.36. The molecular formula is C20H30N4O2. The molecule has 0 spiro atoms. The van der Waals surface area contributed by atoms with Gasteiger partial charge in [0.1, 0.15) is 5.75 Å². The maximum atomic E-state index is 12.2. The third kappa shape index (κ3) is 4.68. The Morgan fingerprint density at radius 3 is 3.00 bits per heavy atom. The molecular weight excluding hydrogens is 328 g/mol. The van der Waals surface area contributed by atoms with Crippen molar-refractivity contribution < 1.29 is 9.53 Å². The Balaban J connectivity index is 1.45. The molecule has 1 amide bonds. The summed E-state index contributed by atoms with van der Waals surface area (Å²) < 4.78 is 5.49. The Labute approximate surface area is 156 Å². The van der Waals surface area contributed by atoms with Crippen LogP contribution in [0, 0.1) is 5.92 Å². The minimum absolute atomic E-state index is 0.0161. The van der Waals surface area contributed by atoms with Crippen molar-refractivity contribution in [2.75, 3.05) is 31.6 Å². The van der Waals surface area contributed by atoms with Crippen LogP contribution in [0.3, 0.4) is 0 Å². The molecule has 2 aliphatic rings. The van der Waals surface area contributed by atoms with Gasteiger partial charge in [0.15, 0.2) is 12.6 Å². The molecule has 6 heteroatoms. The summed E-state index contributed by atoms with van der Waals surface area (Å²) in [5, 5.41) is 6.92. The molecule has 3 rings (SSSR count). The minimum Gasteiger partial charge on any atom is -0.482 e. The second-order valence-corrected chi connectivity index (χ2v) is 7.27. The second-order valence-electron chi connectivity index (χ2n) is 7.27. The summed E-state index contributed by atoms with van der Waals surface area (Å²) in [6.07, 6.45) is 5.89. The van der Waals surface area contributed by atoms with Crippen LogP contribution in [0.5, 0.6) is 5.75 Å². The van der Waals surface area contributed by atoms with E-state index < -0.39 is 0 Å². The molecule has 0 radical (unpaired) electrons. The highest BCUT2D eigenvalue weighted by molar-refractivity contribution is 5.97. The highest BCUT2D eigenvalue weighted by atomic mass is 16.5. The molecule has 0 aromatic heterocycles. The second kappa shape index (κ2) is 8.92. The van der Waals surface area contributed by atoms with Crippen LogP contribution in [-0.4, -0.2) is 44.7 Å². The van der Waals surface area contributed by atoms with Gasteiger partial charge in [-0.25, -0.2) is 0 Å². The molecule has 0 saturated heterocycles. The van der Waals surface area contributed by atoms with Crippen molar-refractivity contribution in [2.45, 2.75) is 45.1 Å². The van der Waals surface area contributed by atoms with E-state index in [2.05, 4.69) is 22.5 Å². The molecule has 6 nitrogen and oxygen atoms in total. The fraction of sp³-hybridized carbons (Fsp3) is 0.600. The first kappa shape index (κ1) is 18.5. The lowest BCUT2D eigenvalue weighted by atomic mass is 9.87. The summed E-state index contributed by atoms with van der Waals surface area (Å²) in [7, 11) is 1.81. The van der Waals surface area contributed by atoms with E-state index in [-0.39, 0.29) is 12.5 Å². The topological polar surface area (TPSA) is 66.0 Å². The number of guanidine groups is 1. The third-order valence-corrected chi connectivity index (χ3v) is 5.16. The smallest absolute Gasteiger partial charge is 0.265 e. The van der Waals surface area contributed by atoms with Crippen molar-refractivity contribution in [3.63, 3.8) is 0 Å². The average molecular weight is 358 g/mol. The lowest BCUT2D eigenvalue weighted by Crippen LogP contribution is -2.46. The molecule has 2 N–H and O–H groups in total. The van der Waals surface area contributed by atoms with Gasteiger partial charge in [0.25, 0.3) is 5.91 Å². The van der Waals surface area contributed by atoms with Crippen LogP contribution in [0.1, 0.15) is 39.0 Å². The maximum absolute atomic E-state index is 12.2. The lowest BCUT2D eigenvalue weighted by molar-refractivity contribution is -0.121. The number of ether oxygens (including phenoxy) is 1. The predicted octanol–water partition coefficient (Wildman–Crippen LogP) is 2.55. The monoisotopic (exact) mass is 358 g/mol. The molecule has 1 aliphatic carbocycles. The third-order valence-electron chi connectivity index (χ3n) is 5.16. The maximum Gasteiger partial charge on any atom is 0.265 e. The van der Waals surface area contributed by atoms with E-state index in [1.165, 1.54) is 25.7 Å². The van der Waals surface area contributed by atoms with Crippen molar-refractivity contribution >= 4 is 17.6 Å². The Morgan fingerprint density at radius 1 is 1.35 bits per heavy atom. The number of amides is 1. The number of hydrogen-bond donors (Lipinski definition) is 2. The molecule has 2 atom stereocenters. The summed E-state index contributed by atoms with van der Waals surface area (Å²) in [6.45, 7) is 3.88. The fourth-order valence-electron chi connectivity index (χ4n) is 3.80. The molecule has 1 saturated carbocycles. The van der Waals surface area contributed by atoms with Crippen molar-refractivity contribution in [1.29, 1.82) is 0 Å². The van der Waals surface area contributed by atoms with Crippen molar-refractivity contribution in [3.05, 3.63) is 24.3 Å². The number of hydrogen-bond acceptors (Lipinski definition) is 3. The number of aliphatic imine (C=N–C) groups is 1. The van der Waals surface area contributed by atoms with E-state index >= 15 is 0 Å². The quantitative estimate of drug-likeness (QED) is 0.482. The Hall–Kier alpha value is -2.24. The van der Waals surface area contributed by atoms with E-state index in [9.17, 15) is 4.79 Å². The van der Waals surface area contributed by atoms with E-state index in [0.29, 0.717) is 12.6 Å². The summed E-state index contributed by atoms with van der Waals surface area (Å²) in [5.41, 5.74) is 0.863. The van der Waals surface area contributed by atoms with Gasteiger partial charge in [-0.2, -0.15) is 0 Å². The molecule has 26 heavy (non-hydrogen) atoms. The average Bonchev–Trinajstić information content (AvgIpc) is 2.65. The van der Waals surface area contributed by atoms with Gasteiger partial charge in [0.05, 0.1) is 5.69 Å². The van der Waals surface area contributed by atoms with E-state index in [0.717, 1.165) is 36.3 Å². The molecule has 1 heterocycles. The highest BCUT2D eigenvalue weighted by Gasteiger charge is 2.24. The minimum atomic E-state index is 0.0161. The van der Waals surface area contributed by atoms with Crippen LogP contribution in [-0.2, 0) is 4.79 Å². The SMILES string of the molecule is CN=C(NCCCN1C(=O)COc2ccccc21)NC1CCCC(C)C1. The number of nitrogens with zero attached hydrogens (tertiary/aromatic N) is 2. The van der Waals surface area contributed by atoms with Gasteiger partial charge >= 0.3 is 0 Å². The van der Waals surface area contributed by atoms with Crippen LogP contribution in [0.2, 0.25) is 0 Å². The first-order valence-electron chi connectivity index (χ1n) is 9.66. The van der Waals surface area contributed by atoms with Gasteiger partial charge in [-0.15, -0.1) is 0 Å². The van der Waals surface area contributed by atoms with Crippen LogP contribution in [0.4, 0.5) is 5.69 Å². The summed E-state index contributed by atoms with van der Waals surface area (Å²) in [4.78, 5) is 18.3. The molecule has 1 aliphatic heterocycles. The molecule has 1 aromatic carbocycles. The number of nitrogens with one attached hydrogen (secondary N) is 2.